The third-order valence-corrected chi connectivity index (χ3v) is 4.47. The molecule has 0 bridgehead atoms. The highest BCUT2D eigenvalue weighted by Gasteiger charge is 2.24. The second-order valence-corrected chi connectivity index (χ2v) is 6.44. The van der Waals surface area contributed by atoms with Gasteiger partial charge < -0.3 is 9.84 Å². The molecule has 0 amide bonds. The van der Waals surface area contributed by atoms with E-state index < -0.39 is 23.4 Å². The number of halogens is 3. The number of methoxy groups -OCH3 is 1. The number of pyridine rings is 2. The molecule has 1 unspecified atom stereocenters. The molecule has 2 heterocycles. The number of carbonyl (C=O) groups is 1. The molecular weight excluding hydrogens is 422 g/mol. The molecule has 6 nitrogen and oxygen atoms in total. The molecule has 2 aromatic heterocycles. The molecule has 1 atom stereocenters. The van der Waals surface area contributed by atoms with Crippen LogP contribution in [0.5, 0.6) is 5.75 Å². The van der Waals surface area contributed by atoms with E-state index in [2.05, 4.69) is 4.98 Å². The number of hydrogen-bond acceptors (Lipinski definition) is 4. The van der Waals surface area contributed by atoms with Gasteiger partial charge in [-0.1, -0.05) is 17.7 Å². The Morgan fingerprint density at radius 1 is 1.28 bits per heavy atom. The van der Waals surface area contributed by atoms with Gasteiger partial charge in [0.05, 0.1) is 13.3 Å². The zero-order chi connectivity index (χ0) is 20.3. The largest absolute Gasteiger partial charge is 0.495 e. The summed E-state index contributed by atoms with van der Waals surface area (Å²) in [4.78, 5) is 28.6. The first kappa shape index (κ1) is 22.4. The van der Waals surface area contributed by atoms with Crippen molar-refractivity contribution in [1.29, 1.82) is 0 Å². The molecule has 152 valence electrons. The van der Waals surface area contributed by atoms with Crippen molar-refractivity contribution >= 4 is 30.0 Å². The summed E-state index contributed by atoms with van der Waals surface area (Å²) in [5, 5.41) is 9.93. The second-order valence-electron chi connectivity index (χ2n) is 6.00. The predicted molar refractivity (Wildman–Crippen MR) is 110 cm³/mol. The maximum absolute atomic E-state index is 14.3. The number of nitrogens with zero attached hydrogens (tertiary/aromatic N) is 2. The molecule has 0 aliphatic heterocycles. The molecule has 0 aliphatic carbocycles. The Morgan fingerprint density at radius 2 is 2.03 bits per heavy atom. The molecule has 0 saturated heterocycles. The zero-order valence-corrected chi connectivity index (χ0v) is 16.8. The Labute approximate surface area is 177 Å². The van der Waals surface area contributed by atoms with Crippen LogP contribution in [0.3, 0.4) is 0 Å². The van der Waals surface area contributed by atoms with Crippen LogP contribution in [0.4, 0.5) is 4.39 Å². The van der Waals surface area contributed by atoms with Gasteiger partial charge in [0.15, 0.2) is 0 Å². The fraction of sp³-hybridized carbons (Fsp3) is 0.150. The fourth-order valence-electron chi connectivity index (χ4n) is 2.87. The van der Waals surface area contributed by atoms with Gasteiger partial charge in [0.2, 0.25) is 0 Å². The number of ether oxygens (including phenoxy) is 1. The number of carboxylic acids is 1. The molecule has 0 spiro atoms. The van der Waals surface area contributed by atoms with E-state index in [1.165, 1.54) is 31.5 Å². The van der Waals surface area contributed by atoms with Gasteiger partial charge in [-0.3, -0.25) is 14.3 Å². The van der Waals surface area contributed by atoms with E-state index in [0.717, 1.165) is 10.6 Å². The van der Waals surface area contributed by atoms with Gasteiger partial charge in [0.25, 0.3) is 5.56 Å². The van der Waals surface area contributed by atoms with Crippen molar-refractivity contribution in [3.05, 3.63) is 81.7 Å². The summed E-state index contributed by atoms with van der Waals surface area (Å²) in [6.07, 6.45) is 2.81. The lowest BCUT2D eigenvalue weighted by atomic mass is 10.0. The molecule has 1 aromatic carbocycles. The van der Waals surface area contributed by atoms with Gasteiger partial charge >= 0.3 is 5.97 Å². The molecule has 0 aliphatic rings. The van der Waals surface area contributed by atoms with E-state index in [0.29, 0.717) is 10.7 Å². The lowest BCUT2D eigenvalue weighted by Crippen LogP contribution is -2.31. The Bertz CT molecular complexity index is 1070. The topological polar surface area (TPSA) is 81.4 Å². The van der Waals surface area contributed by atoms with E-state index in [-0.39, 0.29) is 35.7 Å². The van der Waals surface area contributed by atoms with Gasteiger partial charge in [-0.15, -0.1) is 12.4 Å². The van der Waals surface area contributed by atoms with Crippen LogP contribution in [-0.4, -0.2) is 27.7 Å². The first-order valence-corrected chi connectivity index (χ1v) is 8.67. The molecule has 0 saturated carbocycles. The van der Waals surface area contributed by atoms with Crippen LogP contribution >= 0.6 is 24.0 Å². The average molecular weight is 439 g/mol. The number of benzene rings is 1. The van der Waals surface area contributed by atoms with E-state index in [4.69, 9.17) is 16.3 Å². The van der Waals surface area contributed by atoms with Crippen LogP contribution in [0.1, 0.15) is 11.7 Å². The summed E-state index contributed by atoms with van der Waals surface area (Å²) < 4.78 is 20.6. The Hall–Kier alpha value is -2.90. The van der Waals surface area contributed by atoms with Gasteiger partial charge in [-0.05, 0) is 30.3 Å². The molecule has 0 radical (unpaired) electrons. The van der Waals surface area contributed by atoms with Gasteiger partial charge in [-0.2, -0.15) is 0 Å². The lowest BCUT2D eigenvalue weighted by molar-refractivity contribution is -0.141. The highest BCUT2D eigenvalue weighted by molar-refractivity contribution is 6.30. The lowest BCUT2D eigenvalue weighted by Gasteiger charge is -2.18. The van der Waals surface area contributed by atoms with Gasteiger partial charge in [-0.25, -0.2) is 9.18 Å². The van der Waals surface area contributed by atoms with E-state index in [1.54, 1.807) is 24.4 Å². The zero-order valence-electron chi connectivity index (χ0n) is 15.2. The summed E-state index contributed by atoms with van der Waals surface area (Å²) in [5.41, 5.74) is 0.181. The SMILES string of the molecule is COc1cn(C(Cc2ccccn2)C(=O)O)c(=O)cc1-c1cc(Cl)ccc1F.Cl. The first-order valence-electron chi connectivity index (χ1n) is 8.29. The Kier molecular flexibility index (Phi) is 7.36. The van der Waals surface area contributed by atoms with Crippen molar-refractivity contribution in [3.8, 4) is 16.9 Å². The minimum Gasteiger partial charge on any atom is -0.495 e. The molecule has 3 rings (SSSR count). The number of aromatic nitrogens is 2. The van der Waals surface area contributed by atoms with Crippen molar-refractivity contribution in [1.82, 2.24) is 9.55 Å². The summed E-state index contributed by atoms with van der Waals surface area (Å²) in [6.45, 7) is 0. The Morgan fingerprint density at radius 3 is 2.66 bits per heavy atom. The third kappa shape index (κ3) is 4.93. The maximum atomic E-state index is 14.3. The molecule has 9 heteroatoms. The summed E-state index contributed by atoms with van der Waals surface area (Å²) in [6, 6.07) is 9.01. The summed E-state index contributed by atoms with van der Waals surface area (Å²) in [7, 11) is 1.35. The second kappa shape index (κ2) is 9.54. The average Bonchev–Trinajstić information content (AvgIpc) is 2.68. The van der Waals surface area contributed by atoms with Gasteiger partial charge in [0.1, 0.15) is 17.6 Å². The van der Waals surface area contributed by atoms with Crippen LogP contribution in [0.15, 0.2) is 59.7 Å². The normalized spacial score (nSPS) is 11.4. The van der Waals surface area contributed by atoms with Crippen LogP contribution in [0.2, 0.25) is 5.02 Å². The van der Waals surface area contributed by atoms with Crippen LogP contribution in [0, 0.1) is 5.82 Å². The molecule has 0 fully saturated rings. The van der Waals surface area contributed by atoms with Crippen molar-refractivity contribution in [2.75, 3.05) is 7.11 Å². The van der Waals surface area contributed by atoms with Crippen molar-refractivity contribution in [2.45, 2.75) is 12.5 Å². The standard InChI is InChI=1S/C20H16ClFN2O4.ClH/c1-28-18-11-24(17(20(26)27)9-13-4-2-3-7-23-13)19(25)10-15(18)14-8-12(21)5-6-16(14)22;/h2-8,10-11,17H,9H2,1H3,(H,26,27);1H. The Balaban J connectivity index is 0.00000300. The number of carboxylic acid groups (broad SMARTS) is 1. The smallest absolute Gasteiger partial charge is 0.327 e. The van der Waals surface area contributed by atoms with Crippen molar-refractivity contribution in [2.24, 2.45) is 0 Å². The van der Waals surface area contributed by atoms with Crippen LogP contribution in [-0.2, 0) is 11.2 Å². The van der Waals surface area contributed by atoms with Crippen LogP contribution < -0.4 is 10.3 Å². The highest BCUT2D eigenvalue weighted by Crippen LogP contribution is 2.33. The van der Waals surface area contributed by atoms with E-state index in [9.17, 15) is 19.1 Å². The van der Waals surface area contributed by atoms with E-state index in [1.807, 2.05) is 0 Å². The number of rotatable bonds is 6. The predicted octanol–water partition coefficient (Wildman–Crippen LogP) is 4.00. The molecule has 1 N–H and O–H groups in total. The molecular formula is C20H17Cl2FN2O4. The van der Waals surface area contributed by atoms with Crippen LogP contribution in [0.25, 0.3) is 11.1 Å². The van der Waals surface area contributed by atoms with Gasteiger partial charge in [0, 0.05) is 40.5 Å². The fourth-order valence-corrected chi connectivity index (χ4v) is 3.04. The monoisotopic (exact) mass is 438 g/mol. The molecule has 3 aromatic rings. The summed E-state index contributed by atoms with van der Waals surface area (Å²) in [5.74, 6) is -1.63. The van der Waals surface area contributed by atoms with Crippen molar-refractivity contribution in [3.63, 3.8) is 0 Å². The summed E-state index contributed by atoms with van der Waals surface area (Å²) >= 11 is 5.94. The number of hydrogen-bond donors (Lipinski definition) is 1. The highest BCUT2D eigenvalue weighted by atomic mass is 35.5. The quantitative estimate of drug-likeness (QED) is 0.628. The van der Waals surface area contributed by atoms with Crippen molar-refractivity contribution < 1.29 is 19.0 Å². The minimum atomic E-state index is -1.20. The number of aliphatic carboxylic acids is 1. The molecule has 29 heavy (non-hydrogen) atoms. The van der Waals surface area contributed by atoms with E-state index >= 15 is 0 Å². The first-order chi connectivity index (χ1) is 13.4. The third-order valence-electron chi connectivity index (χ3n) is 4.23. The maximum Gasteiger partial charge on any atom is 0.327 e. The minimum absolute atomic E-state index is 0.